The van der Waals surface area contributed by atoms with Gasteiger partial charge in [-0.1, -0.05) is 6.07 Å². The second-order valence-corrected chi connectivity index (χ2v) is 9.85. The van der Waals surface area contributed by atoms with Gasteiger partial charge in [-0.15, -0.1) is 0 Å². The van der Waals surface area contributed by atoms with Crippen LogP contribution in [0.4, 0.5) is 15.3 Å². The third kappa shape index (κ3) is 9.72. The lowest BCUT2D eigenvalue weighted by Gasteiger charge is -2.22. The average molecular weight is 443 g/mol. The van der Waals surface area contributed by atoms with E-state index in [9.17, 15) is 14.4 Å². The molecule has 10 nitrogen and oxygen atoms in total. The quantitative estimate of drug-likeness (QED) is 0.219. The molecule has 1 aromatic carbocycles. The Bertz CT molecular complexity index is 697. The highest BCUT2D eigenvalue weighted by molar-refractivity contribution is 6.65. The summed E-state index contributed by atoms with van der Waals surface area (Å²) in [5, 5.41) is 5.10. The van der Waals surface area contributed by atoms with Gasteiger partial charge in [0.2, 0.25) is 0 Å². The molecule has 0 aliphatic carbocycles. The Morgan fingerprint density at radius 1 is 1.00 bits per heavy atom. The number of esters is 1. The maximum absolute atomic E-state index is 11.8. The number of nitrogens with one attached hydrogen (secondary N) is 2. The molecule has 0 spiro atoms. The zero-order valence-electron chi connectivity index (χ0n) is 17.8. The number of ether oxygens (including phenoxy) is 3. The Labute approximate surface area is 177 Å². The number of anilines is 1. The van der Waals surface area contributed by atoms with Crippen molar-refractivity contribution in [3.63, 3.8) is 0 Å². The fraction of sp³-hybridized carbons (Fsp3) is 0.526. The second-order valence-electron chi connectivity index (χ2n) is 6.27. The molecule has 0 bridgehead atoms. The van der Waals surface area contributed by atoms with Gasteiger partial charge in [0, 0.05) is 26.5 Å². The van der Waals surface area contributed by atoms with Crippen LogP contribution in [-0.4, -0.2) is 67.3 Å². The monoisotopic (exact) mass is 442 g/mol. The smallest absolute Gasteiger partial charge is 0.411 e. The Balaban J connectivity index is 2.22. The van der Waals surface area contributed by atoms with E-state index in [4.69, 9.17) is 23.1 Å². The van der Waals surface area contributed by atoms with Crippen LogP contribution in [0.5, 0.6) is 0 Å². The van der Waals surface area contributed by atoms with Gasteiger partial charge in [-0.2, -0.15) is 0 Å². The molecular formula is C19H30N2O8Si. The second kappa shape index (κ2) is 13.6. The Morgan fingerprint density at radius 3 is 2.30 bits per heavy atom. The van der Waals surface area contributed by atoms with Crippen molar-refractivity contribution in [2.75, 3.05) is 45.9 Å². The van der Waals surface area contributed by atoms with Gasteiger partial charge < -0.3 is 28.4 Å². The molecule has 2 amide bonds. The zero-order valence-corrected chi connectivity index (χ0v) is 18.8. The summed E-state index contributed by atoms with van der Waals surface area (Å²) < 4.78 is 25.5. The molecule has 30 heavy (non-hydrogen) atoms. The van der Waals surface area contributed by atoms with Crippen LogP contribution in [0.2, 0.25) is 12.6 Å². The normalized spacial score (nSPS) is 10.8. The molecule has 0 aromatic heterocycles. The zero-order chi connectivity index (χ0) is 22.4. The first kappa shape index (κ1) is 25.4. The molecule has 0 atom stereocenters. The van der Waals surface area contributed by atoms with Crippen molar-refractivity contribution in [3.8, 4) is 0 Å². The van der Waals surface area contributed by atoms with E-state index in [-0.39, 0.29) is 19.8 Å². The van der Waals surface area contributed by atoms with Gasteiger partial charge in [0.1, 0.15) is 13.2 Å². The lowest BCUT2D eigenvalue weighted by molar-refractivity contribution is 0.0526. The molecule has 11 heteroatoms. The minimum atomic E-state index is -2.14. The first-order valence-electron chi connectivity index (χ1n) is 9.55. The van der Waals surface area contributed by atoms with Crippen LogP contribution in [0.25, 0.3) is 0 Å². The van der Waals surface area contributed by atoms with E-state index in [1.165, 1.54) is 6.07 Å². The van der Waals surface area contributed by atoms with E-state index < -0.39 is 26.7 Å². The number of benzene rings is 1. The van der Waals surface area contributed by atoms with Crippen LogP contribution in [-0.2, 0) is 23.1 Å². The molecule has 0 saturated heterocycles. The minimum Gasteiger partial charge on any atom is -0.462 e. The summed E-state index contributed by atoms with van der Waals surface area (Å²) in [5.74, 6) is -0.481. The van der Waals surface area contributed by atoms with Gasteiger partial charge in [-0.05, 0) is 44.1 Å². The SMILES string of the molecule is CCOC(=O)c1cccc(NC(=O)OCCOC(=O)NCCC[Si](C)(OC)OC)c1. The summed E-state index contributed by atoms with van der Waals surface area (Å²) in [6.07, 6.45) is -0.633. The highest BCUT2D eigenvalue weighted by atomic mass is 28.4. The van der Waals surface area contributed by atoms with Crippen molar-refractivity contribution in [3.05, 3.63) is 29.8 Å². The molecule has 1 aromatic rings. The number of hydrogen-bond acceptors (Lipinski definition) is 8. The van der Waals surface area contributed by atoms with Crippen molar-refractivity contribution >= 4 is 32.4 Å². The van der Waals surface area contributed by atoms with Crippen molar-refractivity contribution < 1.29 is 37.4 Å². The van der Waals surface area contributed by atoms with Crippen LogP contribution in [0.3, 0.4) is 0 Å². The molecule has 0 unspecified atom stereocenters. The largest absolute Gasteiger partial charge is 0.462 e. The highest BCUT2D eigenvalue weighted by Gasteiger charge is 2.27. The molecule has 0 saturated carbocycles. The van der Waals surface area contributed by atoms with Gasteiger partial charge in [-0.25, -0.2) is 14.4 Å². The number of alkyl carbamates (subject to hydrolysis) is 1. The maximum atomic E-state index is 11.8. The number of rotatable bonds is 12. The van der Waals surface area contributed by atoms with Crippen molar-refractivity contribution in [2.24, 2.45) is 0 Å². The molecule has 0 aliphatic heterocycles. The summed E-state index contributed by atoms with van der Waals surface area (Å²) >= 11 is 0. The van der Waals surface area contributed by atoms with E-state index in [1.54, 1.807) is 39.3 Å². The highest BCUT2D eigenvalue weighted by Crippen LogP contribution is 2.13. The number of carbonyl (C=O) groups excluding carboxylic acids is 3. The van der Waals surface area contributed by atoms with E-state index >= 15 is 0 Å². The molecule has 0 aliphatic rings. The predicted molar refractivity (Wildman–Crippen MR) is 112 cm³/mol. The number of amides is 2. The molecular weight excluding hydrogens is 412 g/mol. The molecule has 2 N–H and O–H groups in total. The number of hydrogen-bond donors (Lipinski definition) is 2. The third-order valence-corrected chi connectivity index (χ3v) is 7.10. The Hall–Kier alpha value is -2.63. The van der Waals surface area contributed by atoms with Crippen LogP contribution in [0, 0.1) is 0 Å². The van der Waals surface area contributed by atoms with Gasteiger partial charge in [0.05, 0.1) is 12.2 Å². The Kier molecular flexibility index (Phi) is 11.5. The summed E-state index contributed by atoms with van der Waals surface area (Å²) in [5.41, 5.74) is 0.695. The lowest BCUT2D eigenvalue weighted by atomic mass is 10.2. The van der Waals surface area contributed by atoms with E-state index in [0.717, 1.165) is 6.04 Å². The van der Waals surface area contributed by atoms with E-state index in [0.29, 0.717) is 24.2 Å². The maximum Gasteiger partial charge on any atom is 0.411 e. The molecule has 0 heterocycles. The average Bonchev–Trinajstić information content (AvgIpc) is 2.74. The summed E-state index contributed by atoms with van der Waals surface area (Å²) in [6.45, 7) is 4.13. The van der Waals surface area contributed by atoms with Gasteiger partial charge in [-0.3, -0.25) is 5.32 Å². The first-order chi connectivity index (χ1) is 14.3. The van der Waals surface area contributed by atoms with Crippen LogP contribution in [0.1, 0.15) is 23.7 Å². The first-order valence-corrected chi connectivity index (χ1v) is 12.1. The lowest BCUT2D eigenvalue weighted by Crippen LogP contribution is -2.37. The van der Waals surface area contributed by atoms with Crippen molar-refractivity contribution in [2.45, 2.75) is 25.9 Å². The topological polar surface area (TPSA) is 121 Å². The molecule has 0 radical (unpaired) electrons. The van der Waals surface area contributed by atoms with Gasteiger partial charge >= 0.3 is 26.7 Å². The van der Waals surface area contributed by atoms with Gasteiger partial charge in [0.15, 0.2) is 0 Å². The van der Waals surface area contributed by atoms with Crippen LogP contribution in [0.15, 0.2) is 24.3 Å². The summed E-state index contributed by atoms with van der Waals surface area (Å²) in [6, 6.07) is 7.01. The molecule has 0 fully saturated rings. The number of carbonyl (C=O) groups is 3. The van der Waals surface area contributed by atoms with Crippen molar-refractivity contribution in [1.29, 1.82) is 0 Å². The van der Waals surface area contributed by atoms with Crippen LogP contribution >= 0.6 is 0 Å². The summed E-state index contributed by atoms with van der Waals surface area (Å²) in [4.78, 5) is 35.1. The van der Waals surface area contributed by atoms with Gasteiger partial charge in [0.25, 0.3) is 0 Å². The molecule has 168 valence electrons. The predicted octanol–water partition coefficient (Wildman–Crippen LogP) is 2.89. The minimum absolute atomic E-state index is 0.0925. The fourth-order valence-electron chi connectivity index (χ4n) is 2.30. The Morgan fingerprint density at radius 2 is 1.67 bits per heavy atom. The van der Waals surface area contributed by atoms with E-state index in [1.807, 2.05) is 6.55 Å². The fourth-order valence-corrected chi connectivity index (χ4v) is 3.69. The summed E-state index contributed by atoms with van der Waals surface area (Å²) in [7, 11) is 1.09. The molecule has 1 rings (SSSR count). The third-order valence-electron chi connectivity index (χ3n) is 4.11. The van der Waals surface area contributed by atoms with Crippen molar-refractivity contribution in [1.82, 2.24) is 5.32 Å². The van der Waals surface area contributed by atoms with Crippen LogP contribution < -0.4 is 10.6 Å². The van der Waals surface area contributed by atoms with E-state index in [2.05, 4.69) is 10.6 Å². The standard InChI is InChI=1S/C19H30N2O8Si/c1-5-27-17(22)15-8-6-9-16(14-15)21-19(24)29-12-11-28-18(23)20-10-7-13-30(4,25-2)26-3/h6,8-9,14H,5,7,10-13H2,1-4H3,(H,20,23)(H,21,24).